The van der Waals surface area contributed by atoms with Gasteiger partial charge in [-0.2, -0.15) is 8.78 Å². The highest BCUT2D eigenvalue weighted by Crippen LogP contribution is 2.32. The molecule has 11 heteroatoms. The number of rotatable bonds is 4. The average molecular weight is 477 g/mol. The number of hydrogen-bond donors (Lipinski definition) is 1. The van der Waals surface area contributed by atoms with Crippen LogP contribution in [0.1, 0.15) is 29.8 Å². The van der Waals surface area contributed by atoms with Gasteiger partial charge in [-0.25, -0.2) is 31.1 Å². The van der Waals surface area contributed by atoms with Crippen LogP contribution in [0.2, 0.25) is 0 Å². The molecule has 0 spiro atoms. The van der Waals surface area contributed by atoms with Gasteiger partial charge in [0.2, 0.25) is 34.8 Å². The summed E-state index contributed by atoms with van der Waals surface area (Å²) >= 11 is 0. The molecule has 3 aromatic rings. The highest BCUT2D eigenvalue weighted by atomic mass is 19.2. The number of anilines is 2. The predicted molar refractivity (Wildman–Crippen MR) is 103 cm³/mol. The summed E-state index contributed by atoms with van der Waals surface area (Å²) in [6, 6.07) is 4.39. The summed E-state index contributed by atoms with van der Waals surface area (Å²) < 4.78 is 113. The van der Waals surface area contributed by atoms with Crippen molar-refractivity contribution in [1.82, 2.24) is 0 Å². The summed E-state index contributed by atoms with van der Waals surface area (Å²) in [4.78, 5) is 12.3. The van der Waals surface area contributed by atoms with Crippen LogP contribution in [-0.2, 0) is 0 Å². The third-order valence-electron chi connectivity index (χ3n) is 4.04. The third-order valence-corrected chi connectivity index (χ3v) is 4.04. The second-order valence-corrected chi connectivity index (χ2v) is 6.21. The van der Waals surface area contributed by atoms with E-state index in [1.165, 1.54) is 12.1 Å². The normalized spacial score (nSPS) is 10.4. The van der Waals surface area contributed by atoms with Gasteiger partial charge in [-0.3, -0.25) is 0 Å². The van der Waals surface area contributed by atoms with Crippen molar-refractivity contribution in [2.75, 3.05) is 5.32 Å². The van der Waals surface area contributed by atoms with Crippen molar-refractivity contribution < 1.29 is 44.7 Å². The Morgan fingerprint density at radius 1 is 0.697 bits per heavy atom. The maximum atomic E-state index is 14.1. The monoisotopic (exact) mass is 477 g/mol. The van der Waals surface area contributed by atoms with Gasteiger partial charge in [0, 0.05) is 6.07 Å². The van der Waals surface area contributed by atoms with E-state index in [0.717, 1.165) is 6.07 Å². The molecule has 176 valence electrons. The van der Waals surface area contributed by atoms with E-state index in [-0.39, 0.29) is 11.8 Å². The summed E-state index contributed by atoms with van der Waals surface area (Å²) in [5.41, 5.74) is -1.29. The second-order valence-electron chi connectivity index (χ2n) is 6.21. The van der Waals surface area contributed by atoms with Gasteiger partial charge in [0.25, 0.3) is 0 Å². The van der Waals surface area contributed by atoms with Gasteiger partial charge >= 0.3 is 5.97 Å². The molecule has 0 atom stereocenters. The van der Waals surface area contributed by atoms with Crippen molar-refractivity contribution >= 4 is 17.3 Å². The van der Waals surface area contributed by atoms with Crippen LogP contribution in [0.5, 0.6) is 5.75 Å². The average Bonchev–Trinajstić information content (AvgIpc) is 2.79. The molecule has 0 heterocycles. The number of hydrogen-bond acceptors (Lipinski definition) is 3. The maximum Gasteiger partial charge on any atom is 0.345 e. The van der Waals surface area contributed by atoms with E-state index in [1.54, 1.807) is 6.92 Å². The summed E-state index contributed by atoms with van der Waals surface area (Å²) in [7, 11) is 0. The van der Waals surface area contributed by atoms with Crippen LogP contribution in [-0.4, -0.2) is 5.97 Å². The third kappa shape index (κ3) is 5.24. The topological polar surface area (TPSA) is 38.3 Å². The molecule has 0 radical (unpaired) electrons. The standard InChI is InChI=1S/C20H9F8NO2.C2H6/c1-7-2-3-12(11(23)4-7)29-13-6-10(22)9(21)5-8(13)20(30)31-19-17(27)15(25)14(24)16(26)18(19)28;1-2/h2-6,29H,1H3;1-2H3. The fourth-order valence-electron chi connectivity index (χ4n) is 2.51. The number of nitrogens with one attached hydrogen (secondary N) is 1. The van der Waals surface area contributed by atoms with Crippen molar-refractivity contribution in [3.05, 3.63) is 88.0 Å². The van der Waals surface area contributed by atoms with Crippen LogP contribution in [0.25, 0.3) is 0 Å². The van der Waals surface area contributed by atoms with E-state index in [9.17, 15) is 39.9 Å². The van der Waals surface area contributed by atoms with Crippen molar-refractivity contribution in [3.8, 4) is 5.75 Å². The molecule has 0 saturated heterocycles. The van der Waals surface area contributed by atoms with E-state index in [2.05, 4.69) is 10.1 Å². The Balaban J connectivity index is 0.00000187. The number of benzene rings is 3. The summed E-state index contributed by atoms with van der Waals surface area (Å²) in [6.07, 6.45) is 0. The van der Waals surface area contributed by atoms with E-state index >= 15 is 0 Å². The minimum Gasteiger partial charge on any atom is -0.416 e. The molecule has 3 rings (SSSR count). The molecular weight excluding hydrogens is 462 g/mol. The Hall–Kier alpha value is -3.63. The zero-order chi connectivity index (χ0) is 25.0. The molecule has 3 nitrogen and oxygen atoms in total. The van der Waals surface area contributed by atoms with Gasteiger partial charge in [0.05, 0.1) is 16.9 Å². The first kappa shape index (κ1) is 25.6. The zero-order valence-corrected chi connectivity index (χ0v) is 17.2. The van der Waals surface area contributed by atoms with E-state index in [1.807, 2.05) is 13.8 Å². The minimum atomic E-state index is -2.49. The molecule has 3 aromatic carbocycles. The molecule has 0 aliphatic carbocycles. The van der Waals surface area contributed by atoms with Gasteiger partial charge in [-0.15, -0.1) is 0 Å². The molecule has 0 aromatic heterocycles. The molecule has 1 N–H and O–H groups in total. The molecular formula is C22H15F8NO2. The second kappa shape index (κ2) is 10.3. The van der Waals surface area contributed by atoms with E-state index in [4.69, 9.17) is 0 Å². The van der Waals surface area contributed by atoms with Crippen LogP contribution >= 0.6 is 0 Å². The quantitative estimate of drug-likeness (QED) is 0.143. The molecule has 0 aliphatic rings. The predicted octanol–water partition coefficient (Wildman–Crippen LogP) is 7.10. The van der Waals surface area contributed by atoms with Crippen molar-refractivity contribution in [2.24, 2.45) is 0 Å². The lowest BCUT2D eigenvalue weighted by Gasteiger charge is -2.14. The number of carbonyl (C=O) groups excluding carboxylic acids is 1. The number of esters is 1. The smallest absolute Gasteiger partial charge is 0.345 e. The zero-order valence-electron chi connectivity index (χ0n) is 17.2. The van der Waals surface area contributed by atoms with Gasteiger partial charge in [0.15, 0.2) is 11.6 Å². The summed E-state index contributed by atoms with van der Waals surface area (Å²) in [5, 5.41) is 2.29. The SMILES string of the molecule is CC.Cc1ccc(Nc2cc(F)c(F)cc2C(=O)Oc2c(F)c(F)c(F)c(F)c2F)c(F)c1. The molecule has 0 amide bonds. The lowest BCUT2D eigenvalue weighted by Crippen LogP contribution is -2.16. The number of ether oxygens (including phenoxy) is 1. The number of carbonyl (C=O) groups is 1. The number of halogens is 8. The molecule has 0 bridgehead atoms. The van der Waals surface area contributed by atoms with Crippen molar-refractivity contribution in [3.63, 3.8) is 0 Å². The van der Waals surface area contributed by atoms with Crippen LogP contribution < -0.4 is 10.1 Å². The van der Waals surface area contributed by atoms with E-state index < -0.39 is 69.5 Å². The molecule has 33 heavy (non-hydrogen) atoms. The van der Waals surface area contributed by atoms with Gasteiger partial charge in [-0.1, -0.05) is 19.9 Å². The largest absolute Gasteiger partial charge is 0.416 e. The highest BCUT2D eigenvalue weighted by Gasteiger charge is 2.30. The minimum absolute atomic E-state index is 0.248. The number of aryl methyl sites for hydroxylation is 1. The highest BCUT2D eigenvalue weighted by molar-refractivity contribution is 5.98. The molecule has 0 saturated carbocycles. The Morgan fingerprint density at radius 2 is 1.21 bits per heavy atom. The van der Waals surface area contributed by atoms with Gasteiger partial charge < -0.3 is 10.1 Å². The summed E-state index contributed by atoms with van der Waals surface area (Å²) in [6.45, 7) is 5.57. The fraction of sp³-hybridized carbons (Fsp3) is 0.136. The van der Waals surface area contributed by atoms with Crippen LogP contribution in [0.15, 0.2) is 30.3 Å². The lowest BCUT2D eigenvalue weighted by atomic mass is 10.1. The van der Waals surface area contributed by atoms with E-state index in [0.29, 0.717) is 11.6 Å². The Morgan fingerprint density at radius 3 is 1.76 bits per heavy atom. The molecule has 0 fully saturated rings. The molecule has 0 aliphatic heterocycles. The first-order chi connectivity index (χ1) is 15.5. The molecule has 0 unspecified atom stereocenters. The Labute approximate surface area is 182 Å². The first-order valence-electron chi connectivity index (χ1n) is 9.27. The lowest BCUT2D eigenvalue weighted by molar-refractivity contribution is 0.0716. The fourth-order valence-corrected chi connectivity index (χ4v) is 2.51. The summed E-state index contributed by atoms with van der Waals surface area (Å²) in [5.74, 6) is -19.8. The van der Waals surface area contributed by atoms with Gasteiger partial charge in [-0.05, 0) is 30.7 Å². The van der Waals surface area contributed by atoms with Crippen LogP contribution in [0.4, 0.5) is 46.5 Å². The Kier molecular flexibility index (Phi) is 8.02. The first-order valence-corrected chi connectivity index (χ1v) is 9.27. The van der Waals surface area contributed by atoms with Crippen molar-refractivity contribution in [1.29, 1.82) is 0 Å². The Bertz CT molecular complexity index is 1180. The maximum absolute atomic E-state index is 14.1. The van der Waals surface area contributed by atoms with Crippen molar-refractivity contribution in [2.45, 2.75) is 20.8 Å². The van der Waals surface area contributed by atoms with Crippen LogP contribution in [0.3, 0.4) is 0 Å². The van der Waals surface area contributed by atoms with Gasteiger partial charge in [0.1, 0.15) is 5.82 Å². The van der Waals surface area contributed by atoms with Crippen LogP contribution in [0, 0.1) is 53.5 Å².